The van der Waals surface area contributed by atoms with E-state index in [0.717, 1.165) is 119 Å². The van der Waals surface area contributed by atoms with E-state index < -0.39 is 46.2 Å². The largest absolute Gasteiger partial charge is 0.495 e. The molecular formula is C88H127ClN24O18S3Si2. The number of hydrogen-bond acceptors (Lipinski definition) is 33. The highest BCUT2D eigenvalue weighted by Crippen LogP contribution is 2.43. The average Bonchev–Trinajstić information content (AvgIpc) is 1.57. The van der Waals surface area contributed by atoms with Gasteiger partial charge in [0.25, 0.3) is 0 Å². The third-order valence-electron chi connectivity index (χ3n) is 23.4. The van der Waals surface area contributed by atoms with Gasteiger partial charge in [0.15, 0.2) is 16.9 Å². The van der Waals surface area contributed by atoms with Gasteiger partial charge in [0.1, 0.15) is 55.8 Å². The molecule has 3 amide bonds. The summed E-state index contributed by atoms with van der Waals surface area (Å²) in [6.45, 7) is 38.1. The minimum atomic E-state index is -3.30. The fourth-order valence-corrected chi connectivity index (χ4v) is 19.3. The Kier molecular flexibility index (Phi) is 34.4. The smallest absolute Gasteiger partial charge is 0.247 e. The van der Waals surface area contributed by atoms with Crippen LogP contribution in [0, 0.1) is 0 Å². The van der Waals surface area contributed by atoms with Crippen molar-refractivity contribution in [3.8, 4) is 34.9 Å². The first kappa shape index (κ1) is 104. The lowest BCUT2D eigenvalue weighted by Crippen LogP contribution is -2.55. The van der Waals surface area contributed by atoms with Gasteiger partial charge in [-0.15, -0.1) is 0 Å². The fourth-order valence-electron chi connectivity index (χ4n) is 15.0. The number of hydrogen-bond donors (Lipinski definition) is 7. The molecule has 6 aromatic heterocycles. The van der Waals surface area contributed by atoms with Crippen LogP contribution < -0.4 is 75.4 Å². The van der Waals surface area contributed by atoms with Gasteiger partial charge in [0, 0.05) is 145 Å². The lowest BCUT2D eigenvalue weighted by Gasteiger charge is -2.36. The summed E-state index contributed by atoms with van der Waals surface area (Å²) in [5.74, 6) is 2.04. The summed E-state index contributed by atoms with van der Waals surface area (Å²) >= 11 is 6.06. The summed E-state index contributed by atoms with van der Waals surface area (Å²) < 4.78 is 127. The SMILES string of the molecule is C=CC(=O)Nc1cc(N)c(OC)cc1N1CCN(C)CC1.C=CC(=O)Nc1cc(Nc2nc(OC3CN(S(C)(=O)=O)C3)c3ccn(CO)c3n2)c(OC)cc1N1CCN(C)CC1.C=CC(=O)Nc1cc(Nc2nc(OC3CN(S(C)(=O)=O)C3)c3ccn(COCC[Si](C)(C)C)c3n2)c(OC)cc1N1CCN(C)CC1.C[Si](C)(C)CCOCn1ccc2c(OC3CN(S(C)(=O)=O)C3)nc(Cl)nc21. The zero-order chi connectivity index (χ0) is 98.5. The van der Waals surface area contributed by atoms with E-state index in [2.05, 4.69) is 156 Å². The van der Waals surface area contributed by atoms with E-state index in [4.69, 9.17) is 65.2 Å². The number of benzene rings is 3. The number of nitrogens with zero attached hydrogens (tertiary/aromatic N) is 18. The van der Waals surface area contributed by atoms with Gasteiger partial charge in [-0.05, 0) is 99.5 Å². The first-order valence-electron chi connectivity index (χ1n) is 44.3. The van der Waals surface area contributed by atoms with E-state index in [0.29, 0.717) is 131 Å². The lowest BCUT2D eigenvalue weighted by molar-refractivity contribution is -0.112. The highest BCUT2D eigenvalue weighted by atomic mass is 35.5. The number of amides is 3. The van der Waals surface area contributed by atoms with Gasteiger partial charge in [-0.2, -0.15) is 42.8 Å². The minimum absolute atomic E-state index is 0.0823. The first-order chi connectivity index (χ1) is 64.4. The van der Waals surface area contributed by atoms with Crippen LogP contribution in [0.3, 0.4) is 0 Å². The highest BCUT2D eigenvalue weighted by molar-refractivity contribution is 7.88. The Bertz CT molecular complexity index is 6140. The van der Waals surface area contributed by atoms with Crippen molar-refractivity contribution < 1.29 is 82.6 Å². The molecule has 740 valence electrons. The topological polar surface area (TPSA) is 455 Å². The van der Waals surface area contributed by atoms with Crippen molar-refractivity contribution in [3.63, 3.8) is 0 Å². The normalized spacial score (nSPS) is 16.5. The van der Waals surface area contributed by atoms with Crippen LogP contribution in [-0.2, 0) is 74.1 Å². The number of aliphatic hydroxyl groups excluding tert-OH is 1. The number of nitrogens with one attached hydrogen (secondary N) is 5. The van der Waals surface area contributed by atoms with E-state index in [9.17, 15) is 44.7 Å². The summed E-state index contributed by atoms with van der Waals surface area (Å²) in [5, 5.41) is 27.0. The number of nitrogens with two attached hydrogens (primary N) is 1. The van der Waals surface area contributed by atoms with Gasteiger partial charge in [-0.3, -0.25) is 14.4 Å². The van der Waals surface area contributed by atoms with Crippen LogP contribution in [0.1, 0.15) is 0 Å². The van der Waals surface area contributed by atoms with Crippen molar-refractivity contribution in [2.75, 3.05) is 239 Å². The maximum Gasteiger partial charge on any atom is 0.247 e. The number of sulfonamides is 3. The number of carbonyl (C=O) groups excluding carboxylic acids is 3. The molecule has 6 aliphatic rings. The van der Waals surface area contributed by atoms with Crippen molar-refractivity contribution in [1.82, 2.24) is 71.2 Å². The molecule has 0 unspecified atom stereocenters. The third kappa shape index (κ3) is 27.5. The van der Waals surface area contributed by atoms with Crippen LogP contribution in [0.5, 0.6) is 34.9 Å². The van der Waals surface area contributed by atoms with Crippen LogP contribution in [-0.4, -0.2) is 346 Å². The average molecular weight is 2000 g/mol. The molecule has 6 saturated heterocycles. The zero-order valence-corrected chi connectivity index (χ0v) is 85.0. The molecule has 136 heavy (non-hydrogen) atoms. The van der Waals surface area contributed by atoms with Crippen LogP contribution in [0.4, 0.5) is 63.1 Å². The Morgan fingerprint density at radius 3 is 1.08 bits per heavy atom. The summed E-state index contributed by atoms with van der Waals surface area (Å²) in [4.78, 5) is 77.0. The van der Waals surface area contributed by atoms with Gasteiger partial charge < -0.3 is 118 Å². The van der Waals surface area contributed by atoms with Gasteiger partial charge in [0.05, 0.1) is 147 Å². The molecule has 0 radical (unpaired) electrons. The number of ether oxygens (including phenoxy) is 8. The molecule has 48 heteroatoms. The number of nitrogen functional groups attached to an aromatic ring is 1. The number of aromatic nitrogens is 9. The second-order valence-electron chi connectivity index (χ2n) is 36.3. The third-order valence-corrected chi connectivity index (χ3v) is 30.6. The molecule has 6 aliphatic heterocycles. The standard InChI is InChI=1S/C31H46N8O6SSi.C26H34N8O6S.C16H25ClN4O4SSi.C15H22N4O2/c1-8-28(40)32-24-17-25(27(43-3)18-26(24)37-13-11-36(2)12-14-37)33-31-34-29-23(9-10-38(29)21-44-15-16-47(5,6)7)30(35-31)45-22-19-39(20-22)46(4,41)42;1-5-23(36)27-19-12-20(22(39-3)13-21(19)32-10-8-31(2)9-11-32)28-26-29-24-18(6-7-33(24)16-35)25(30-26)40-17-14-34(15-17)41(4,37)38;1-26(22,23)21-9-12(10-21)25-15-13-5-6-20(14(13)18-16(17)19-15)11-24-7-8-27(2,3)4;1-4-15(20)17-12-9-11(16)14(21-3)10-13(12)19-7-5-18(2)6-8-19/h8-10,17-18,22H,1,11-16,19-21H2,2-7H3,(H,32,40)(H,33,34,35);5-7,12-13,17,35H,1,8-11,14-16H2,2-4H3,(H,27,36)(H,28,29,30);5-6,12H,7-11H2,1-4H3;4,9-10H,1,5-8,16H2,2-3H3,(H,17,20). The number of anilines is 11. The number of likely N-dealkylation sites (N-methyl/N-ethyl adjacent to an activating group) is 3. The number of halogens is 1. The Morgan fingerprint density at radius 2 is 0.765 bits per heavy atom. The van der Waals surface area contributed by atoms with Crippen LogP contribution in [0.2, 0.25) is 56.7 Å². The first-order valence-corrected chi connectivity index (χ1v) is 57.7. The van der Waals surface area contributed by atoms with E-state index in [1.54, 1.807) is 51.8 Å². The number of aliphatic hydroxyl groups is 1. The summed E-state index contributed by atoms with van der Waals surface area (Å²) in [7, 11) is -1.21. The minimum Gasteiger partial charge on any atom is -0.495 e. The van der Waals surface area contributed by atoms with Crippen molar-refractivity contribution in [2.24, 2.45) is 0 Å². The molecule has 9 aromatic rings. The monoisotopic (exact) mass is 1990 g/mol. The Hall–Kier alpha value is -11.0. The van der Waals surface area contributed by atoms with E-state index >= 15 is 0 Å². The molecule has 0 spiro atoms. The molecule has 0 saturated carbocycles. The van der Waals surface area contributed by atoms with Crippen LogP contribution in [0.25, 0.3) is 33.1 Å². The van der Waals surface area contributed by atoms with Crippen molar-refractivity contribution >= 4 is 172 Å². The molecule has 8 N–H and O–H groups in total. The summed E-state index contributed by atoms with van der Waals surface area (Å²) in [6.07, 6.45) is 11.6. The maximum absolute atomic E-state index is 12.5. The number of piperazine rings is 3. The predicted octanol–water partition coefficient (Wildman–Crippen LogP) is 8.00. The van der Waals surface area contributed by atoms with Gasteiger partial charge in [-0.25, -0.2) is 25.3 Å². The predicted molar refractivity (Wildman–Crippen MR) is 536 cm³/mol. The molecule has 0 bridgehead atoms. The molecule has 3 aromatic carbocycles. The van der Waals surface area contributed by atoms with Gasteiger partial charge in [-0.1, -0.05) is 59.0 Å². The lowest BCUT2D eigenvalue weighted by atomic mass is 10.1. The highest BCUT2D eigenvalue weighted by Gasteiger charge is 2.39. The second kappa shape index (κ2) is 45.1. The van der Waals surface area contributed by atoms with Gasteiger partial charge in [0.2, 0.25) is 82.6 Å². The van der Waals surface area contributed by atoms with Crippen LogP contribution >= 0.6 is 11.6 Å². The maximum atomic E-state index is 12.5. The Balaban J connectivity index is 0.000000170. The molecule has 12 heterocycles. The van der Waals surface area contributed by atoms with Crippen molar-refractivity contribution in [2.45, 2.75) is 89.9 Å². The van der Waals surface area contributed by atoms with Crippen LogP contribution in [0.15, 0.2) is 111 Å². The molecular weight excluding hydrogens is 1870 g/mol. The quantitative estimate of drug-likeness (QED) is 0.00642. The molecule has 42 nitrogen and oxygen atoms in total. The Morgan fingerprint density at radius 1 is 0.456 bits per heavy atom. The van der Waals surface area contributed by atoms with E-state index in [1.165, 1.54) is 48.2 Å². The molecule has 6 fully saturated rings. The molecule has 0 aliphatic carbocycles. The second-order valence-corrected chi connectivity index (χ2v) is 53.8. The number of fused-ring (bicyclic) bond motifs is 3. The zero-order valence-electron chi connectivity index (χ0n) is 79.8. The summed E-state index contributed by atoms with van der Waals surface area (Å²) in [5.41, 5.74) is 13.5. The van der Waals surface area contributed by atoms with E-state index in [-0.39, 0.29) is 92.0 Å². The number of methoxy groups -OCH3 is 3. The summed E-state index contributed by atoms with van der Waals surface area (Å²) in [6, 6.07) is 18.5. The van der Waals surface area contributed by atoms with Crippen molar-refractivity contribution in [1.29, 1.82) is 0 Å². The van der Waals surface area contributed by atoms with E-state index in [1.807, 2.05) is 51.9 Å². The molecule has 0 atom stereocenters. The van der Waals surface area contributed by atoms with Crippen molar-refractivity contribution in [3.05, 3.63) is 116 Å². The fraction of sp³-hybridized carbons (Fsp3) is 0.489. The Labute approximate surface area is 801 Å². The number of rotatable bonds is 36. The molecule has 15 rings (SSSR count). The van der Waals surface area contributed by atoms with Gasteiger partial charge >= 0.3 is 0 Å². The number of carbonyl (C=O) groups is 3.